The zero-order valence-corrected chi connectivity index (χ0v) is 12.4. The molecule has 0 aliphatic carbocycles. The molecule has 0 aromatic carbocycles. The van der Waals surface area contributed by atoms with Crippen molar-refractivity contribution in [3.8, 4) is 0 Å². The van der Waals surface area contributed by atoms with Gasteiger partial charge in [0.15, 0.2) is 0 Å². The number of carbonyl (C=O) groups is 1. The van der Waals surface area contributed by atoms with Crippen LogP contribution in [0.5, 0.6) is 0 Å². The van der Waals surface area contributed by atoms with Gasteiger partial charge < -0.3 is 9.47 Å². The zero-order valence-electron chi connectivity index (χ0n) is 10.7. The molecule has 1 atom stereocenters. The summed E-state index contributed by atoms with van der Waals surface area (Å²) in [5.41, 5.74) is 0. The van der Waals surface area contributed by atoms with Crippen LogP contribution < -0.4 is 0 Å². The molecule has 2 rings (SSSR count). The summed E-state index contributed by atoms with van der Waals surface area (Å²) in [6.07, 6.45) is 6.87. The van der Waals surface area contributed by atoms with Crippen molar-refractivity contribution in [2.24, 2.45) is 0 Å². The van der Waals surface area contributed by atoms with Crippen LogP contribution in [0.3, 0.4) is 0 Å². The van der Waals surface area contributed by atoms with Crippen LogP contribution in [0, 0.1) is 0 Å². The van der Waals surface area contributed by atoms with Gasteiger partial charge in [0.05, 0.1) is 23.4 Å². The Morgan fingerprint density at radius 3 is 2.89 bits per heavy atom. The summed E-state index contributed by atoms with van der Waals surface area (Å²) in [7, 11) is 0. The fraction of sp³-hybridized carbons (Fsp3) is 0.769. The molecule has 2 saturated heterocycles. The molecule has 1 unspecified atom stereocenters. The Labute approximate surface area is 117 Å². The largest absolute Gasteiger partial charge is 0.463 e. The number of carbonyl (C=O) groups excluding carboxylic acids is 1. The molecule has 0 N–H and O–H groups in total. The third kappa shape index (κ3) is 3.93. The van der Waals surface area contributed by atoms with Crippen molar-refractivity contribution in [1.29, 1.82) is 0 Å². The summed E-state index contributed by atoms with van der Waals surface area (Å²) in [6.45, 7) is 3.02. The van der Waals surface area contributed by atoms with Crippen LogP contribution in [0.1, 0.15) is 26.2 Å². The van der Waals surface area contributed by atoms with Gasteiger partial charge >= 0.3 is 5.97 Å². The van der Waals surface area contributed by atoms with Gasteiger partial charge in [-0.15, -0.1) is 23.5 Å². The number of rotatable bonds is 3. The van der Waals surface area contributed by atoms with E-state index < -0.39 is 0 Å². The average molecular weight is 288 g/mol. The number of thioether (sulfide) groups is 2. The van der Waals surface area contributed by atoms with E-state index in [1.54, 1.807) is 0 Å². The summed E-state index contributed by atoms with van der Waals surface area (Å²) in [4.78, 5) is 11.2. The number of hydrogen-bond donors (Lipinski definition) is 0. The maximum absolute atomic E-state index is 11.2. The molecule has 3 nitrogen and oxygen atoms in total. The lowest BCUT2D eigenvalue weighted by atomic mass is 10.1. The Hall–Kier alpha value is -0.130. The van der Waals surface area contributed by atoms with E-state index in [-0.39, 0.29) is 16.2 Å². The van der Waals surface area contributed by atoms with Gasteiger partial charge in [-0.05, 0) is 43.8 Å². The Balaban J connectivity index is 1.77. The van der Waals surface area contributed by atoms with Crippen molar-refractivity contribution in [2.75, 3.05) is 24.7 Å². The second kappa shape index (κ2) is 6.87. The second-order valence-corrected chi connectivity index (χ2v) is 7.68. The van der Waals surface area contributed by atoms with Crippen molar-refractivity contribution < 1.29 is 14.3 Å². The molecule has 1 spiro atoms. The summed E-state index contributed by atoms with van der Waals surface area (Å²) < 4.78 is 11.0. The first-order valence-corrected chi connectivity index (χ1v) is 8.46. The van der Waals surface area contributed by atoms with E-state index in [9.17, 15) is 4.79 Å². The molecule has 2 heterocycles. The maximum atomic E-state index is 11.2. The van der Waals surface area contributed by atoms with E-state index in [1.807, 2.05) is 36.5 Å². The Bertz CT molecular complexity index is 301. The van der Waals surface area contributed by atoms with Crippen LogP contribution in [0.4, 0.5) is 0 Å². The van der Waals surface area contributed by atoms with Gasteiger partial charge in [0.2, 0.25) is 0 Å². The molecule has 0 saturated carbocycles. The minimum Gasteiger partial charge on any atom is -0.463 e. The van der Waals surface area contributed by atoms with E-state index in [1.165, 1.54) is 30.4 Å². The highest BCUT2D eigenvalue weighted by molar-refractivity contribution is 8.18. The topological polar surface area (TPSA) is 35.5 Å². The molecule has 0 bridgehead atoms. The van der Waals surface area contributed by atoms with Gasteiger partial charge in [-0.1, -0.05) is 0 Å². The van der Waals surface area contributed by atoms with Crippen LogP contribution in [-0.2, 0) is 14.3 Å². The standard InChI is InChI=1S/C13H20O3S2/c1-2-15-12(14)5-4-11-6-7-13(10-16-11)17-8-3-9-18-13/h4-5,11H,2-3,6-10H2,1H3/b5-4+. The number of hydrogen-bond acceptors (Lipinski definition) is 5. The van der Waals surface area contributed by atoms with E-state index >= 15 is 0 Å². The third-order valence-corrected chi connectivity index (χ3v) is 6.47. The van der Waals surface area contributed by atoms with Crippen molar-refractivity contribution in [3.63, 3.8) is 0 Å². The lowest BCUT2D eigenvalue weighted by molar-refractivity contribution is -0.137. The molecule has 2 aliphatic heterocycles. The van der Waals surface area contributed by atoms with Crippen LogP contribution in [0.2, 0.25) is 0 Å². The highest BCUT2D eigenvalue weighted by atomic mass is 32.2. The molecular formula is C13H20O3S2. The van der Waals surface area contributed by atoms with Crippen LogP contribution in [0.25, 0.3) is 0 Å². The molecule has 0 radical (unpaired) electrons. The molecule has 18 heavy (non-hydrogen) atoms. The van der Waals surface area contributed by atoms with Gasteiger partial charge in [0.25, 0.3) is 0 Å². The third-order valence-electron chi connectivity index (χ3n) is 3.08. The maximum Gasteiger partial charge on any atom is 0.330 e. The summed E-state index contributed by atoms with van der Waals surface area (Å²) in [5.74, 6) is 2.22. The highest BCUT2D eigenvalue weighted by Crippen LogP contribution is 2.48. The van der Waals surface area contributed by atoms with Gasteiger partial charge in [-0.2, -0.15) is 0 Å². The van der Waals surface area contributed by atoms with Crippen LogP contribution in [-0.4, -0.2) is 40.9 Å². The van der Waals surface area contributed by atoms with Gasteiger partial charge in [0, 0.05) is 6.08 Å². The predicted molar refractivity (Wildman–Crippen MR) is 77.0 cm³/mol. The summed E-state index contributed by atoms with van der Waals surface area (Å²) in [5, 5.41) is 0. The second-order valence-electron chi connectivity index (χ2n) is 4.46. The smallest absolute Gasteiger partial charge is 0.330 e. The van der Waals surface area contributed by atoms with E-state index in [2.05, 4.69) is 0 Å². The predicted octanol–water partition coefficient (Wildman–Crippen LogP) is 2.85. The minimum atomic E-state index is -0.275. The minimum absolute atomic E-state index is 0.0724. The average Bonchev–Trinajstić information content (AvgIpc) is 2.40. The van der Waals surface area contributed by atoms with Crippen molar-refractivity contribution in [3.05, 3.63) is 12.2 Å². The quantitative estimate of drug-likeness (QED) is 0.589. The highest BCUT2D eigenvalue weighted by Gasteiger charge is 2.38. The first-order chi connectivity index (χ1) is 8.74. The molecular weight excluding hydrogens is 268 g/mol. The van der Waals surface area contributed by atoms with Crippen molar-refractivity contribution >= 4 is 29.5 Å². The van der Waals surface area contributed by atoms with Crippen molar-refractivity contribution in [2.45, 2.75) is 36.4 Å². The normalized spacial score (nSPS) is 27.5. The zero-order chi connectivity index (χ0) is 12.8. The molecule has 0 amide bonds. The van der Waals surface area contributed by atoms with Gasteiger partial charge in [0.1, 0.15) is 0 Å². The Morgan fingerprint density at radius 1 is 1.50 bits per heavy atom. The summed E-state index contributed by atoms with van der Waals surface area (Å²) in [6, 6.07) is 0. The molecule has 2 fully saturated rings. The summed E-state index contributed by atoms with van der Waals surface area (Å²) >= 11 is 4.09. The first kappa shape index (κ1) is 14.3. The lowest BCUT2D eigenvalue weighted by Gasteiger charge is -2.40. The van der Waals surface area contributed by atoms with Gasteiger partial charge in [-0.25, -0.2) is 4.79 Å². The molecule has 102 valence electrons. The molecule has 0 aromatic heterocycles. The Morgan fingerprint density at radius 2 is 2.28 bits per heavy atom. The SMILES string of the molecule is CCOC(=O)/C=C/C1CCC2(CO1)SCCCS2. The number of ether oxygens (including phenoxy) is 2. The van der Waals surface area contributed by atoms with Crippen LogP contribution >= 0.6 is 23.5 Å². The first-order valence-electron chi connectivity index (χ1n) is 6.48. The fourth-order valence-corrected chi connectivity index (χ4v) is 5.29. The molecule has 0 aromatic rings. The molecule has 5 heteroatoms. The Kier molecular flexibility index (Phi) is 5.45. The van der Waals surface area contributed by atoms with Crippen LogP contribution in [0.15, 0.2) is 12.2 Å². The van der Waals surface area contributed by atoms with Crippen molar-refractivity contribution in [1.82, 2.24) is 0 Å². The van der Waals surface area contributed by atoms with E-state index in [0.717, 1.165) is 13.0 Å². The fourth-order valence-electron chi connectivity index (χ4n) is 2.12. The van der Waals surface area contributed by atoms with Gasteiger partial charge in [-0.3, -0.25) is 0 Å². The monoisotopic (exact) mass is 288 g/mol. The van der Waals surface area contributed by atoms with E-state index in [4.69, 9.17) is 9.47 Å². The lowest BCUT2D eigenvalue weighted by Crippen LogP contribution is -2.38. The number of esters is 1. The van der Waals surface area contributed by atoms with E-state index in [0.29, 0.717) is 6.61 Å². The molecule has 2 aliphatic rings.